The van der Waals surface area contributed by atoms with E-state index < -0.39 is 10.0 Å². The van der Waals surface area contributed by atoms with Crippen LogP contribution < -0.4 is 9.62 Å². The van der Waals surface area contributed by atoms with Crippen molar-refractivity contribution in [2.45, 2.75) is 31.6 Å². The van der Waals surface area contributed by atoms with Gasteiger partial charge in [0.05, 0.1) is 10.6 Å². The van der Waals surface area contributed by atoms with Crippen LogP contribution in [0.3, 0.4) is 0 Å². The fourth-order valence-electron chi connectivity index (χ4n) is 3.41. The summed E-state index contributed by atoms with van der Waals surface area (Å²) < 4.78 is 27.8. The number of hydrogen-bond acceptors (Lipinski definition) is 3. The summed E-state index contributed by atoms with van der Waals surface area (Å²) in [6.07, 6.45) is 1.61. The Kier molecular flexibility index (Phi) is 7.94. The van der Waals surface area contributed by atoms with E-state index in [0.717, 1.165) is 22.7 Å². The van der Waals surface area contributed by atoms with Crippen molar-refractivity contribution in [1.82, 2.24) is 5.32 Å². The molecule has 0 unspecified atom stereocenters. The number of anilines is 1. The molecule has 0 aliphatic rings. The smallest absolute Gasteiger partial charge is 0.264 e. The number of benzene rings is 3. The van der Waals surface area contributed by atoms with Gasteiger partial charge in [0.15, 0.2) is 0 Å². The zero-order valence-corrected chi connectivity index (χ0v) is 19.8. The lowest BCUT2D eigenvalue weighted by Gasteiger charge is -2.24. The highest BCUT2D eigenvalue weighted by molar-refractivity contribution is 7.92. The number of halogens is 1. The van der Waals surface area contributed by atoms with E-state index in [1.807, 2.05) is 32.0 Å². The van der Waals surface area contributed by atoms with Crippen LogP contribution in [0.1, 0.15) is 23.1 Å². The second kappa shape index (κ2) is 10.7. The summed E-state index contributed by atoms with van der Waals surface area (Å²) in [7, 11) is -3.95. The van der Waals surface area contributed by atoms with Gasteiger partial charge < -0.3 is 5.32 Å². The van der Waals surface area contributed by atoms with Crippen molar-refractivity contribution >= 4 is 33.2 Å². The molecule has 0 aliphatic heterocycles. The molecule has 0 bridgehead atoms. The first kappa shape index (κ1) is 23.8. The van der Waals surface area contributed by atoms with E-state index >= 15 is 0 Å². The summed E-state index contributed by atoms with van der Waals surface area (Å²) in [4.78, 5) is 12.8. The normalized spacial score (nSPS) is 11.2. The monoisotopic (exact) mass is 470 g/mol. The third-order valence-electron chi connectivity index (χ3n) is 5.03. The van der Waals surface area contributed by atoms with Gasteiger partial charge in [-0.15, -0.1) is 0 Å². The number of carbonyl (C=O) groups is 1. The highest BCUT2D eigenvalue weighted by Gasteiger charge is 2.27. The third-order valence-corrected chi connectivity index (χ3v) is 7.07. The van der Waals surface area contributed by atoms with Gasteiger partial charge in [-0.25, -0.2) is 8.42 Å². The molecular formula is C25H27ClN2O3S. The molecule has 0 saturated heterocycles. The molecule has 5 nitrogen and oxygen atoms in total. The van der Waals surface area contributed by atoms with E-state index in [-0.39, 0.29) is 17.3 Å². The largest absolute Gasteiger partial charge is 0.355 e. The van der Waals surface area contributed by atoms with E-state index in [4.69, 9.17) is 11.6 Å². The molecule has 0 spiro atoms. The Balaban J connectivity index is 1.71. The minimum absolute atomic E-state index is 0.0793. The molecule has 1 amide bonds. The number of hydrogen-bond donors (Lipinski definition) is 1. The van der Waals surface area contributed by atoms with Crippen LogP contribution >= 0.6 is 11.6 Å². The lowest BCUT2D eigenvalue weighted by molar-refractivity contribution is -0.119. The minimum Gasteiger partial charge on any atom is -0.355 e. The molecule has 0 radical (unpaired) electrons. The fourth-order valence-corrected chi connectivity index (χ4v) is 4.95. The van der Waals surface area contributed by atoms with Crippen LogP contribution in [-0.4, -0.2) is 27.4 Å². The van der Waals surface area contributed by atoms with Gasteiger partial charge >= 0.3 is 0 Å². The first-order chi connectivity index (χ1) is 15.3. The first-order valence-electron chi connectivity index (χ1n) is 10.4. The van der Waals surface area contributed by atoms with Crippen molar-refractivity contribution in [3.8, 4) is 0 Å². The van der Waals surface area contributed by atoms with Gasteiger partial charge in [0.25, 0.3) is 10.0 Å². The van der Waals surface area contributed by atoms with Crippen LogP contribution in [0.15, 0.2) is 77.7 Å². The lowest BCUT2D eigenvalue weighted by Crippen LogP contribution is -2.41. The Hall–Kier alpha value is -2.83. The molecule has 168 valence electrons. The first-order valence-corrected chi connectivity index (χ1v) is 12.2. The number of nitrogens with zero attached hydrogens (tertiary/aromatic N) is 1. The Morgan fingerprint density at radius 1 is 0.938 bits per heavy atom. The van der Waals surface area contributed by atoms with Gasteiger partial charge in [0.1, 0.15) is 6.54 Å². The van der Waals surface area contributed by atoms with E-state index in [1.54, 1.807) is 18.2 Å². The zero-order chi connectivity index (χ0) is 23.1. The summed E-state index contributed by atoms with van der Waals surface area (Å²) in [6, 6.07) is 21.3. The third kappa shape index (κ3) is 6.34. The van der Waals surface area contributed by atoms with E-state index in [2.05, 4.69) is 17.4 Å². The molecular weight excluding hydrogens is 444 g/mol. The van der Waals surface area contributed by atoms with Gasteiger partial charge in [-0.2, -0.15) is 0 Å². The quantitative estimate of drug-likeness (QED) is 0.452. The van der Waals surface area contributed by atoms with E-state index in [1.165, 1.54) is 35.4 Å². The average molecular weight is 471 g/mol. The Bertz CT molecular complexity index is 1180. The maximum absolute atomic E-state index is 13.3. The second-order valence-electron chi connectivity index (χ2n) is 7.75. The molecule has 0 atom stereocenters. The number of carbonyl (C=O) groups excluding carboxylic acids is 1. The van der Waals surface area contributed by atoms with E-state index in [0.29, 0.717) is 17.3 Å². The number of amides is 1. The molecule has 3 aromatic carbocycles. The summed E-state index contributed by atoms with van der Waals surface area (Å²) in [6.45, 7) is 4.09. The van der Waals surface area contributed by atoms with Gasteiger partial charge in [0.2, 0.25) is 5.91 Å². The molecule has 7 heteroatoms. The highest BCUT2D eigenvalue weighted by Crippen LogP contribution is 2.25. The summed E-state index contributed by atoms with van der Waals surface area (Å²) in [5, 5.41) is 3.29. The number of nitrogens with one attached hydrogen (secondary N) is 1. The molecule has 3 rings (SSSR count). The second-order valence-corrected chi connectivity index (χ2v) is 10.0. The number of sulfonamides is 1. The fraction of sp³-hybridized carbons (Fsp3) is 0.240. The Morgan fingerprint density at radius 3 is 2.25 bits per heavy atom. The summed E-state index contributed by atoms with van der Waals surface area (Å²) >= 11 is 5.91. The average Bonchev–Trinajstić information content (AvgIpc) is 2.75. The summed E-state index contributed by atoms with van der Waals surface area (Å²) in [5.74, 6) is -0.353. The molecule has 0 aromatic heterocycles. The van der Waals surface area contributed by atoms with Crippen molar-refractivity contribution in [2.24, 2.45) is 0 Å². The molecule has 0 fully saturated rings. The minimum atomic E-state index is -3.95. The van der Waals surface area contributed by atoms with Gasteiger partial charge in [-0.1, -0.05) is 53.6 Å². The molecule has 0 heterocycles. The van der Waals surface area contributed by atoms with Gasteiger partial charge in [-0.3, -0.25) is 9.10 Å². The topological polar surface area (TPSA) is 66.5 Å². The van der Waals surface area contributed by atoms with Crippen LogP contribution in [0.5, 0.6) is 0 Å². The van der Waals surface area contributed by atoms with Crippen molar-refractivity contribution in [2.75, 3.05) is 17.4 Å². The number of aryl methyl sites for hydroxylation is 3. The van der Waals surface area contributed by atoms with Crippen LogP contribution in [0.2, 0.25) is 5.02 Å². The van der Waals surface area contributed by atoms with Crippen LogP contribution in [0.4, 0.5) is 5.69 Å². The molecule has 1 N–H and O–H groups in total. The van der Waals surface area contributed by atoms with Gasteiger partial charge in [-0.05, 0) is 74.2 Å². The molecule has 0 aliphatic carbocycles. The van der Waals surface area contributed by atoms with Crippen LogP contribution in [0.25, 0.3) is 0 Å². The SMILES string of the molecule is Cc1cccc(CCCNC(=O)CN(c2cccc(C)c2)S(=O)(=O)c2ccc(Cl)cc2)c1. The highest BCUT2D eigenvalue weighted by atomic mass is 35.5. The lowest BCUT2D eigenvalue weighted by atomic mass is 10.1. The standard InChI is InChI=1S/C25H27ClN2O3S/c1-19-6-3-8-21(16-19)9-5-15-27-25(29)18-28(23-10-4-7-20(2)17-23)32(30,31)24-13-11-22(26)12-14-24/h3-4,6-8,10-14,16-17H,5,9,15,18H2,1-2H3,(H,27,29). The molecule has 32 heavy (non-hydrogen) atoms. The maximum Gasteiger partial charge on any atom is 0.264 e. The van der Waals surface area contributed by atoms with Crippen molar-refractivity contribution in [3.05, 3.63) is 94.5 Å². The van der Waals surface area contributed by atoms with Crippen molar-refractivity contribution in [1.29, 1.82) is 0 Å². The van der Waals surface area contributed by atoms with Crippen LogP contribution in [-0.2, 0) is 21.2 Å². The maximum atomic E-state index is 13.3. The molecule has 0 saturated carbocycles. The Labute approximate surface area is 195 Å². The van der Waals surface area contributed by atoms with E-state index in [9.17, 15) is 13.2 Å². The van der Waals surface area contributed by atoms with Crippen molar-refractivity contribution in [3.63, 3.8) is 0 Å². The van der Waals surface area contributed by atoms with Gasteiger partial charge in [0, 0.05) is 11.6 Å². The zero-order valence-electron chi connectivity index (χ0n) is 18.2. The van der Waals surface area contributed by atoms with Crippen LogP contribution in [0, 0.1) is 13.8 Å². The Morgan fingerprint density at radius 2 is 1.59 bits per heavy atom. The summed E-state index contributed by atoms with van der Waals surface area (Å²) in [5.41, 5.74) is 3.76. The molecule has 3 aromatic rings. The number of rotatable bonds is 9. The predicted molar refractivity (Wildman–Crippen MR) is 130 cm³/mol. The predicted octanol–water partition coefficient (Wildman–Crippen LogP) is 4.90. The van der Waals surface area contributed by atoms with Crippen molar-refractivity contribution < 1.29 is 13.2 Å².